The van der Waals surface area contributed by atoms with Crippen molar-refractivity contribution in [3.05, 3.63) is 53.7 Å². The van der Waals surface area contributed by atoms with Crippen molar-refractivity contribution in [3.63, 3.8) is 0 Å². The zero-order chi connectivity index (χ0) is 15.1. The Bertz CT molecular complexity index is 996. The van der Waals surface area contributed by atoms with E-state index in [1.54, 1.807) is 11.6 Å². The average Bonchev–Trinajstić information content (AvgIpc) is 2.99. The van der Waals surface area contributed by atoms with Crippen molar-refractivity contribution in [1.29, 1.82) is 0 Å². The molecule has 0 saturated heterocycles. The topological polar surface area (TPSA) is 52.3 Å². The maximum absolute atomic E-state index is 6.30. The first-order chi connectivity index (χ1) is 10.8. The average molecular weight is 311 g/mol. The molecule has 0 atom stereocenters. The van der Waals surface area contributed by atoms with Gasteiger partial charge in [0.1, 0.15) is 5.75 Å². The van der Waals surface area contributed by atoms with Crippen LogP contribution in [-0.4, -0.2) is 26.9 Å². The number of methoxy groups -OCH3 is 1. The lowest BCUT2D eigenvalue weighted by atomic mass is 10.2. The van der Waals surface area contributed by atoms with Crippen LogP contribution in [0.5, 0.6) is 5.75 Å². The Labute approximate surface area is 131 Å². The first-order valence-electron chi connectivity index (χ1n) is 6.72. The molecular formula is C16H11ClN4O. The Morgan fingerprint density at radius 1 is 1.00 bits per heavy atom. The fraction of sp³-hybridized carbons (Fsp3) is 0.0625. The number of ether oxygens (including phenoxy) is 1. The van der Waals surface area contributed by atoms with Crippen molar-refractivity contribution >= 4 is 28.0 Å². The second-order valence-corrected chi connectivity index (χ2v) is 5.19. The molecule has 0 aliphatic heterocycles. The van der Waals surface area contributed by atoms with Crippen LogP contribution >= 0.6 is 11.6 Å². The summed E-state index contributed by atoms with van der Waals surface area (Å²) in [4.78, 5) is 0. The van der Waals surface area contributed by atoms with Gasteiger partial charge in [-0.2, -0.15) is 9.61 Å². The van der Waals surface area contributed by atoms with Crippen molar-refractivity contribution < 1.29 is 4.74 Å². The maximum Gasteiger partial charge on any atom is 0.186 e. The fourth-order valence-electron chi connectivity index (χ4n) is 2.48. The predicted octanol–water partition coefficient (Wildman–Crippen LogP) is 3.61. The van der Waals surface area contributed by atoms with Crippen molar-refractivity contribution in [2.75, 3.05) is 7.11 Å². The van der Waals surface area contributed by atoms with Crippen LogP contribution in [0.2, 0.25) is 5.15 Å². The predicted molar refractivity (Wildman–Crippen MR) is 85.3 cm³/mol. The van der Waals surface area contributed by atoms with E-state index in [-0.39, 0.29) is 0 Å². The highest BCUT2D eigenvalue weighted by molar-refractivity contribution is 6.34. The third kappa shape index (κ3) is 1.90. The van der Waals surface area contributed by atoms with Gasteiger partial charge in [0.15, 0.2) is 16.6 Å². The Morgan fingerprint density at radius 3 is 2.64 bits per heavy atom. The minimum absolute atomic E-state index is 0.423. The van der Waals surface area contributed by atoms with Crippen molar-refractivity contribution in [2.45, 2.75) is 0 Å². The SMILES string of the molecule is COc1cccc(-c2nnc3c4ccccc4c(Cl)nn23)c1. The van der Waals surface area contributed by atoms with Gasteiger partial charge in [-0.1, -0.05) is 48.0 Å². The lowest BCUT2D eigenvalue weighted by Gasteiger charge is -2.05. The molecule has 22 heavy (non-hydrogen) atoms. The molecule has 2 aromatic heterocycles. The molecule has 0 bridgehead atoms. The van der Waals surface area contributed by atoms with E-state index < -0.39 is 0 Å². The van der Waals surface area contributed by atoms with Crippen LogP contribution in [0.1, 0.15) is 0 Å². The number of fused-ring (bicyclic) bond motifs is 3. The van der Waals surface area contributed by atoms with Crippen LogP contribution < -0.4 is 4.74 Å². The molecule has 0 unspecified atom stereocenters. The summed E-state index contributed by atoms with van der Waals surface area (Å²) in [5.74, 6) is 1.38. The van der Waals surface area contributed by atoms with Gasteiger partial charge >= 0.3 is 0 Å². The van der Waals surface area contributed by atoms with Crippen LogP contribution in [0.15, 0.2) is 48.5 Å². The molecule has 5 nitrogen and oxygen atoms in total. The molecule has 0 aliphatic carbocycles. The van der Waals surface area contributed by atoms with Crippen LogP contribution in [0, 0.1) is 0 Å². The summed E-state index contributed by atoms with van der Waals surface area (Å²) in [5, 5.41) is 15.2. The minimum Gasteiger partial charge on any atom is -0.497 e. The van der Waals surface area contributed by atoms with Crippen LogP contribution in [-0.2, 0) is 0 Å². The van der Waals surface area contributed by atoms with E-state index in [2.05, 4.69) is 15.3 Å². The van der Waals surface area contributed by atoms with E-state index in [4.69, 9.17) is 16.3 Å². The monoisotopic (exact) mass is 310 g/mol. The van der Waals surface area contributed by atoms with Gasteiger partial charge in [0.25, 0.3) is 0 Å². The van der Waals surface area contributed by atoms with Crippen molar-refractivity contribution in [1.82, 2.24) is 19.8 Å². The summed E-state index contributed by atoms with van der Waals surface area (Å²) in [7, 11) is 1.63. The number of hydrogen-bond acceptors (Lipinski definition) is 4. The van der Waals surface area contributed by atoms with Crippen molar-refractivity contribution in [3.8, 4) is 17.1 Å². The van der Waals surface area contributed by atoms with Crippen molar-refractivity contribution in [2.24, 2.45) is 0 Å². The molecule has 0 saturated carbocycles. The highest BCUT2D eigenvalue weighted by Gasteiger charge is 2.14. The van der Waals surface area contributed by atoms with Gasteiger partial charge in [-0.3, -0.25) is 0 Å². The molecule has 0 spiro atoms. The number of benzene rings is 2. The van der Waals surface area contributed by atoms with E-state index in [1.807, 2.05) is 48.5 Å². The zero-order valence-electron chi connectivity index (χ0n) is 11.7. The Morgan fingerprint density at radius 2 is 1.82 bits per heavy atom. The smallest absolute Gasteiger partial charge is 0.186 e. The molecule has 4 rings (SSSR count). The summed E-state index contributed by atoms with van der Waals surface area (Å²) in [6.45, 7) is 0. The largest absolute Gasteiger partial charge is 0.497 e. The standard InChI is InChI=1S/C16H11ClN4O/c1-22-11-6-4-5-10(9-11)15-18-19-16-13-8-3-2-7-12(13)14(17)20-21(15)16/h2-9H,1H3. The second kappa shape index (κ2) is 4.96. The molecule has 0 radical (unpaired) electrons. The third-order valence-electron chi connectivity index (χ3n) is 3.55. The molecule has 108 valence electrons. The molecular weight excluding hydrogens is 300 g/mol. The quantitative estimate of drug-likeness (QED) is 0.567. The number of aromatic nitrogens is 4. The maximum atomic E-state index is 6.30. The van der Waals surface area contributed by atoms with E-state index >= 15 is 0 Å². The van der Waals surface area contributed by atoms with Gasteiger partial charge < -0.3 is 4.74 Å². The van der Waals surface area contributed by atoms with Crippen LogP contribution in [0.4, 0.5) is 0 Å². The summed E-state index contributed by atoms with van der Waals surface area (Å²) in [6.07, 6.45) is 0. The van der Waals surface area contributed by atoms with E-state index in [1.165, 1.54) is 0 Å². The van der Waals surface area contributed by atoms with E-state index in [0.717, 1.165) is 22.1 Å². The Hall–Kier alpha value is -2.66. The Balaban J connectivity index is 2.04. The number of rotatable bonds is 2. The van der Waals surface area contributed by atoms with Crippen LogP contribution in [0.25, 0.3) is 27.8 Å². The third-order valence-corrected chi connectivity index (χ3v) is 3.83. The molecule has 0 aliphatic rings. The molecule has 2 heterocycles. The first-order valence-corrected chi connectivity index (χ1v) is 7.10. The molecule has 0 fully saturated rings. The van der Waals surface area contributed by atoms with Gasteiger partial charge in [0, 0.05) is 16.3 Å². The highest BCUT2D eigenvalue weighted by Crippen LogP contribution is 2.28. The van der Waals surface area contributed by atoms with Gasteiger partial charge in [-0.05, 0) is 12.1 Å². The Kier molecular flexibility index (Phi) is 2.94. The van der Waals surface area contributed by atoms with Crippen LogP contribution in [0.3, 0.4) is 0 Å². The summed E-state index contributed by atoms with van der Waals surface area (Å²) < 4.78 is 6.92. The first kappa shape index (κ1) is 13.0. The highest BCUT2D eigenvalue weighted by atomic mass is 35.5. The molecule has 0 N–H and O–H groups in total. The van der Waals surface area contributed by atoms with Gasteiger partial charge in [0.2, 0.25) is 0 Å². The normalized spacial score (nSPS) is 11.2. The summed E-state index contributed by atoms with van der Waals surface area (Å²) >= 11 is 6.30. The lowest BCUT2D eigenvalue weighted by Crippen LogP contribution is -1.97. The minimum atomic E-state index is 0.423. The number of nitrogens with zero attached hydrogens (tertiary/aromatic N) is 4. The lowest BCUT2D eigenvalue weighted by molar-refractivity contribution is 0.415. The molecule has 2 aromatic carbocycles. The zero-order valence-corrected chi connectivity index (χ0v) is 12.4. The van der Waals surface area contributed by atoms with E-state index in [9.17, 15) is 0 Å². The summed E-state index contributed by atoms with van der Waals surface area (Å²) in [5.41, 5.74) is 1.54. The molecule has 6 heteroatoms. The van der Waals surface area contributed by atoms with Gasteiger partial charge in [0.05, 0.1) is 7.11 Å². The van der Waals surface area contributed by atoms with E-state index in [0.29, 0.717) is 16.6 Å². The summed E-state index contributed by atoms with van der Waals surface area (Å²) in [6, 6.07) is 15.3. The molecule has 4 aromatic rings. The molecule has 0 amide bonds. The van der Waals surface area contributed by atoms with Gasteiger partial charge in [-0.15, -0.1) is 10.2 Å². The number of halogens is 1. The second-order valence-electron chi connectivity index (χ2n) is 4.83. The van der Waals surface area contributed by atoms with Gasteiger partial charge in [-0.25, -0.2) is 0 Å². The fourth-order valence-corrected chi connectivity index (χ4v) is 2.72. The number of hydrogen-bond donors (Lipinski definition) is 0.